The van der Waals surface area contributed by atoms with E-state index in [4.69, 9.17) is 0 Å². The first-order valence-electron chi connectivity index (χ1n) is 22.1. The molecule has 0 aromatic heterocycles. The van der Waals surface area contributed by atoms with Crippen molar-refractivity contribution in [3.63, 3.8) is 0 Å². The van der Waals surface area contributed by atoms with Crippen LogP contribution >= 0.6 is 0 Å². The van der Waals surface area contributed by atoms with Gasteiger partial charge in [-0.2, -0.15) is 0 Å². The maximum Gasteiger partial charge on any atom is 0.0731 e. The number of fused-ring (bicyclic) bond motifs is 18. The molecular weight excluding hydrogens is 757 g/mol. The third kappa shape index (κ3) is 4.65. The zero-order valence-electron chi connectivity index (χ0n) is 34.4. The minimum atomic E-state index is -0.483. The van der Waals surface area contributed by atoms with Crippen LogP contribution in [0.5, 0.6) is 0 Å². The summed E-state index contributed by atoms with van der Waals surface area (Å²) >= 11 is 0. The average molecular weight is 795 g/mol. The van der Waals surface area contributed by atoms with Crippen LogP contribution in [0.1, 0.15) is 22.3 Å². The highest BCUT2D eigenvalue weighted by atomic mass is 14.5. The summed E-state index contributed by atoms with van der Waals surface area (Å²) in [5.41, 5.74) is 17.8. The van der Waals surface area contributed by atoms with E-state index in [1.165, 1.54) is 132 Å². The van der Waals surface area contributed by atoms with Crippen molar-refractivity contribution in [2.24, 2.45) is 0 Å². The van der Waals surface area contributed by atoms with Crippen molar-refractivity contribution in [2.75, 3.05) is 0 Å². The van der Waals surface area contributed by atoms with E-state index in [0.29, 0.717) is 0 Å². The maximum absolute atomic E-state index is 2.56. The molecule has 0 unspecified atom stereocenters. The van der Waals surface area contributed by atoms with Crippen LogP contribution in [0.15, 0.2) is 231 Å². The van der Waals surface area contributed by atoms with Gasteiger partial charge in [0.15, 0.2) is 0 Å². The van der Waals surface area contributed by atoms with Crippen LogP contribution in [0.4, 0.5) is 0 Å². The number of benzene rings is 12. The first kappa shape index (κ1) is 34.6. The average Bonchev–Trinajstić information content (AvgIpc) is 3.82. The molecule has 2 aliphatic carbocycles. The van der Waals surface area contributed by atoms with Gasteiger partial charge in [-0.05, 0) is 150 Å². The molecule has 0 radical (unpaired) electrons. The molecule has 0 N–H and O–H groups in total. The van der Waals surface area contributed by atoms with Gasteiger partial charge in [0.05, 0.1) is 5.41 Å². The van der Waals surface area contributed by atoms with Crippen LogP contribution in [-0.4, -0.2) is 0 Å². The summed E-state index contributed by atoms with van der Waals surface area (Å²) in [6, 6.07) is 86.6. The van der Waals surface area contributed by atoms with Gasteiger partial charge in [0.25, 0.3) is 0 Å². The summed E-state index contributed by atoms with van der Waals surface area (Å²) in [6.45, 7) is 0. The molecular formula is C63H38. The van der Waals surface area contributed by atoms with Crippen LogP contribution < -0.4 is 0 Å². The Morgan fingerprint density at radius 2 is 0.651 bits per heavy atom. The molecule has 63 heavy (non-hydrogen) atoms. The summed E-state index contributed by atoms with van der Waals surface area (Å²) < 4.78 is 0. The second-order valence-corrected chi connectivity index (χ2v) is 17.4. The Kier molecular flexibility index (Phi) is 7.13. The predicted octanol–water partition coefficient (Wildman–Crippen LogP) is 16.8. The Morgan fingerprint density at radius 1 is 0.222 bits per heavy atom. The molecule has 0 bridgehead atoms. The van der Waals surface area contributed by atoms with Crippen LogP contribution in [0.3, 0.4) is 0 Å². The summed E-state index contributed by atoms with van der Waals surface area (Å²) in [5.74, 6) is 0. The molecule has 0 atom stereocenters. The molecule has 0 nitrogen and oxygen atoms in total. The number of hydrogen-bond acceptors (Lipinski definition) is 0. The highest BCUT2D eigenvalue weighted by Gasteiger charge is 2.53. The van der Waals surface area contributed by atoms with Gasteiger partial charge in [0, 0.05) is 0 Å². The zero-order chi connectivity index (χ0) is 41.2. The molecule has 0 saturated carbocycles. The van der Waals surface area contributed by atoms with Gasteiger partial charge in [0.1, 0.15) is 0 Å². The van der Waals surface area contributed by atoms with Crippen LogP contribution in [0.25, 0.3) is 109 Å². The van der Waals surface area contributed by atoms with Crippen molar-refractivity contribution in [3.05, 3.63) is 253 Å². The third-order valence-electron chi connectivity index (χ3n) is 14.4. The van der Waals surface area contributed by atoms with E-state index in [9.17, 15) is 0 Å². The van der Waals surface area contributed by atoms with Gasteiger partial charge >= 0.3 is 0 Å². The first-order valence-corrected chi connectivity index (χ1v) is 22.1. The third-order valence-corrected chi connectivity index (χ3v) is 14.4. The van der Waals surface area contributed by atoms with Crippen LogP contribution in [0.2, 0.25) is 0 Å². The first-order chi connectivity index (χ1) is 31.3. The van der Waals surface area contributed by atoms with Crippen molar-refractivity contribution < 1.29 is 0 Å². The van der Waals surface area contributed by atoms with Crippen molar-refractivity contribution >= 4 is 53.9 Å². The van der Waals surface area contributed by atoms with E-state index in [1.54, 1.807) is 0 Å². The van der Waals surface area contributed by atoms with E-state index in [0.717, 1.165) is 0 Å². The van der Waals surface area contributed by atoms with E-state index in [2.05, 4.69) is 231 Å². The summed E-state index contributed by atoms with van der Waals surface area (Å²) in [6.07, 6.45) is 0. The molecule has 0 fully saturated rings. The summed E-state index contributed by atoms with van der Waals surface area (Å²) in [7, 11) is 0. The minimum Gasteiger partial charge on any atom is -0.0622 e. The molecule has 1 spiro atoms. The van der Waals surface area contributed by atoms with Gasteiger partial charge in [-0.3, -0.25) is 0 Å². The lowest BCUT2D eigenvalue weighted by molar-refractivity contribution is 0.803. The highest BCUT2D eigenvalue weighted by molar-refractivity contribution is 6.23. The molecule has 0 aliphatic heterocycles. The monoisotopic (exact) mass is 794 g/mol. The Balaban J connectivity index is 1.05. The van der Waals surface area contributed by atoms with Crippen molar-refractivity contribution in [1.82, 2.24) is 0 Å². The van der Waals surface area contributed by atoms with Crippen LogP contribution in [-0.2, 0) is 5.41 Å². The lowest BCUT2D eigenvalue weighted by Crippen LogP contribution is -2.26. The molecule has 0 saturated heterocycles. The van der Waals surface area contributed by atoms with E-state index in [-0.39, 0.29) is 0 Å². The van der Waals surface area contributed by atoms with Crippen molar-refractivity contribution in [1.29, 1.82) is 0 Å². The summed E-state index contributed by atoms with van der Waals surface area (Å²) in [5, 5.41) is 12.8. The molecule has 0 amide bonds. The zero-order valence-corrected chi connectivity index (χ0v) is 34.4. The Bertz CT molecular complexity index is 3790. The number of rotatable bonds is 3. The van der Waals surface area contributed by atoms with E-state index in [1.807, 2.05) is 0 Å². The normalized spacial score (nSPS) is 13.2. The summed E-state index contributed by atoms with van der Waals surface area (Å²) in [4.78, 5) is 0. The van der Waals surface area contributed by atoms with Gasteiger partial charge in [-0.1, -0.05) is 212 Å². The van der Waals surface area contributed by atoms with Gasteiger partial charge in [0.2, 0.25) is 0 Å². The van der Waals surface area contributed by atoms with E-state index >= 15 is 0 Å². The maximum atomic E-state index is 2.56. The molecule has 290 valence electrons. The lowest BCUT2D eigenvalue weighted by Gasteiger charge is -2.32. The highest BCUT2D eigenvalue weighted by Crippen LogP contribution is 2.66. The fraction of sp³-hybridized carbons (Fsp3) is 0.0159. The second-order valence-electron chi connectivity index (χ2n) is 17.4. The molecule has 0 heterocycles. The smallest absolute Gasteiger partial charge is 0.0622 e. The van der Waals surface area contributed by atoms with E-state index < -0.39 is 5.41 Å². The predicted molar refractivity (Wildman–Crippen MR) is 267 cm³/mol. The Hall–Kier alpha value is -8.06. The quantitative estimate of drug-likeness (QED) is 0.123. The fourth-order valence-corrected chi connectivity index (χ4v) is 11.9. The Labute approximate surface area is 366 Å². The van der Waals surface area contributed by atoms with Gasteiger partial charge < -0.3 is 0 Å². The van der Waals surface area contributed by atoms with Gasteiger partial charge in [-0.15, -0.1) is 0 Å². The Morgan fingerprint density at radius 3 is 1.25 bits per heavy atom. The largest absolute Gasteiger partial charge is 0.0731 e. The van der Waals surface area contributed by atoms with Gasteiger partial charge in [-0.25, -0.2) is 0 Å². The lowest BCUT2D eigenvalue weighted by atomic mass is 9.69. The molecule has 0 heteroatoms. The van der Waals surface area contributed by atoms with Crippen molar-refractivity contribution in [2.45, 2.75) is 5.41 Å². The molecule has 12 aromatic rings. The molecule has 14 rings (SSSR count). The number of hydrogen-bond donors (Lipinski definition) is 0. The fourth-order valence-electron chi connectivity index (χ4n) is 11.9. The SMILES string of the molecule is c1ccc(-c2ccc(-c3c4ccccc4c(-c4ccc5cc6c(cc5c4)C4(c5ccccc5-c5ccccc54)c4c-6c5ccccc5c5ccccc45)c4ccccc34)cc2)cc1. The van der Waals surface area contributed by atoms with Crippen LogP contribution in [0, 0.1) is 0 Å². The standard InChI is InChI=1S/C63H38/c1-2-16-39(17-3-1)40-30-32-41(33-31-40)59-50-23-7-9-25-52(50)60(53-26-10-8-24-51(53)59)43-35-34-42-37-55-58(38-44(42)36-43)63(56-28-14-12-20-47(56)48-21-13-15-29-57(48)63)62-54-27-11-5-19-46(54)45-18-4-6-22-49(45)61(55)62/h1-38H. The second kappa shape index (κ2) is 13.0. The topological polar surface area (TPSA) is 0 Å². The molecule has 2 aliphatic rings. The molecule has 12 aromatic carbocycles. The minimum absolute atomic E-state index is 0.483. The van der Waals surface area contributed by atoms with Crippen molar-refractivity contribution in [3.8, 4) is 55.6 Å².